The highest BCUT2D eigenvalue weighted by Gasteiger charge is 2.20. The molecule has 0 atom stereocenters. The summed E-state index contributed by atoms with van der Waals surface area (Å²) in [6, 6.07) is 7.70. The van der Waals surface area contributed by atoms with Gasteiger partial charge in [0.15, 0.2) is 0 Å². The summed E-state index contributed by atoms with van der Waals surface area (Å²) in [5.74, 6) is -2.41. The largest absolute Gasteiger partial charge is 0.385 e. The number of aromatic amines is 1. The van der Waals surface area contributed by atoms with Crippen molar-refractivity contribution in [1.29, 1.82) is 0 Å². The molecule has 2 amide bonds. The number of amides is 2. The SMILES string of the molecule is CCNC(=O)c1c(N)[nH]c2cc(N(C)C(=O)c3ccc(F)cc3F)ccc12. The number of nitrogens with one attached hydrogen (secondary N) is 2. The Morgan fingerprint density at radius 1 is 1.19 bits per heavy atom. The normalized spacial score (nSPS) is 10.8. The van der Waals surface area contributed by atoms with Crippen molar-refractivity contribution >= 4 is 34.2 Å². The summed E-state index contributed by atoms with van der Waals surface area (Å²) in [5.41, 5.74) is 7.02. The Morgan fingerprint density at radius 3 is 2.59 bits per heavy atom. The number of fused-ring (bicyclic) bond motifs is 1. The number of carbonyl (C=O) groups excluding carboxylic acids is 2. The number of aromatic nitrogens is 1. The second-order valence-electron chi connectivity index (χ2n) is 5.99. The topological polar surface area (TPSA) is 91.2 Å². The highest BCUT2D eigenvalue weighted by atomic mass is 19.1. The van der Waals surface area contributed by atoms with Crippen LogP contribution < -0.4 is 16.0 Å². The first-order valence-electron chi connectivity index (χ1n) is 8.26. The number of nitrogen functional groups attached to an aromatic ring is 1. The first-order valence-corrected chi connectivity index (χ1v) is 8.26. The number of anilines is 2. The Balaban J connectivity index is 1.97. The van der Waals surface area contributed by atoms with E-state index in [0.717, 1.165) is 12.1 Å². The molecule has 8 heteroatoms. The predicted octanol–water partition coefficient (Wildman–Crippen LogP) is 3.05. The summed E-state index contributed by atoms with van der Waals surface area (Å²) in [5, 5.41) is 3.30. The van der Waals surface area contributed by atoms with Gasteiger partial charge in [-0.2, -0.15) is 0 Å². The van der Waals surface area contributed by atoms with Crippen LogP contribution in [0.3, 0.4) is 0 Å². The molecule has 0 aliphatic carbocycles. The van der Waals surface area contributed by atoms with Crippen LogP contribution in [-0.2, 0) is 0 Å². The van der Waals surface area contributed by atoms with Gasteiger partial charge < -0.3 is 20.9 Å². The smallest absolute Gasteiger partial charge is 0.260 e. The number of halogens is 2. The van der Waals surface area contributed by atoms with Crippen molar-refractivity contribution in [2.75, 3.05) is 24.2 Å². The lowest BCUT2D eigenvalue weighted by molar-refractivity contribution is 0.0956. The monoisotopic (exact) mass is 372 g/mol. The minimum absolute atomic E-state index is 0.214. The van der Waals surface area contributed by atoms with E-state index in [2.05, 4.69) is 10.3 Å². The third kappa shape index (κ3) is 3.33. The van der Waals surface area contributed by atoms with Crippen LogP contribution in [-0.4, -0.2) is 30.4 Å². The molecule has 0 unspecified atom stereocenters. The molecule has 0 aliphatic heterocycles. The lowest BCUT2D eigenvalue weighted by atomic mass is 10.1. The number of rotatable bonds is 4. The fraction of sp³-hybridized carbons (Fsp3) is 0.158. The molecular weight excluding hydrogens is 354 g/mol. The third-order valence-corrected chi connectivity index (χ3v) is 4.23. The number of hydrogen-bond acceptors (Lipinski definition) is 3. The van der Waals surface area contributed by atoms with Crippen LogP contribution in [0.15, 0.2) is 36.4 Å². The average Bonchev–Trinajstić information content (AvgIpc) is 2.95. The highest BCUT2D eigenvalue weighted by molar-refractivity contribution is 6.12. The maximum absolute atomic E-state index is 13.9. The summed E-state index contributed by atoms with van der Waals surface area (Å²) in [7, 11) is 1.48. The summed E-state index contributed by atoms with van der Waals surface area (Å²) in [6.07, 6.45) is 0. The van der Waals surface area contributed by atoms with Crippen molar-refractivity contribution in [3.63, 3.8) is 0 Å². The lowest BCUT2D eigenvalue weighted by Crippen LogP contribution is -2.27. The fourth-order valence-electron chi connectivity index (χ4n) is 2.87. The minimum Gasteiger partial charge on any atom is -0.385 e. The molecule has 27 heavy (non-hydrogen) atoms. The van der Waals surface area contributed by atoms with E-state index in [9.17, 15) is 18.4 Å². The van der Waals surface area contributed by atoms with Crippen LogP contribution in [0.5, 0.6) is 0 Å². The maximum atomic E-state index is 13.9. The molecule has 3 rings (SSSR count). The van der Waals surface area contributed by atoms with Gasteiger partial charge in [-0.1, -0.05) is 0 Å². The van der Waals surface area contributed by atoms with Crippen molar-refractivity contribution in [2.45, 2.75) is 6.92 Å². The molecule has 2 aromatic carbocycles. The summed E-state index contributed by atoms with van der Waals surface area (Å²) < 4.78 is 26.9. The number of hydrogen-bond donors (Lipinski definition) is 3. The molecule has 4 N–H and O–H groups in total. The molecule has 0 radical (unpaired) electrons. The van der Waals surface area contributed by atoms with Gasteiger partial charge in [-0.3, -0.25) is 9.59 Å². The molecule has 1 aromatic heterocycles. The van der Waals surface area contributed by atoms with E-state index in [-0.39, 0.29) is 17.3 Å². The molecular formula is C19H18F2N4O2. The van der Waals surface area contributed by atoms with Gasteiger partial charge in [0.1, 0.15) is 17.5 Å². The van der Waals surface area contributed by atoms with Gasteiger partial charge in [-0.05, 0) is 37.3 Å². The van der Waals surface area contributed by atoms with E-state index in [1.807, 2.05) is 0 Å². The zero-order chi connectivity index (χ0) is 19.7. The first-order chi connectivity index (χ1) is 12.8. The molecule has 0 spiro atoms. The first kappa shape index (κ1) is 18.4. The van der Waals surface area contributed by atoms with Gasteiger partial charge in [0, 0.05) is 36.2 Å². The van der Waals surface area contributed by atoms with E-state index in [4.69, 9.17) is 5.73 Å². The number of carbonyl (C=O) groups is 2. The Kier molecular flexibility index (Phi) is 4.81. The van der Waals surface area contributed by atoms with Gasteiger partial charge >= 0.3 is 0 Å². The van der Waals surface area contributed by atoms with Crippen LogP contribution in [0.25, 0.3) is 10.9 Å². The summed E-state index contributed by atoms with van der Waals surface area (Å²) >= 11 is 0. The lowest BCUT2D eigenvalue weighted by Gasteiger charge is -2.18. The van der Waals surface area contributed by atoms with Crippen LogP contribution in [0, 0.1) is 11.6 Å². The van der Waals surface area contributed by atoms with Crippen LogP contribution in [0.2, 0.25) is 0 Å². The Labute approximate surface area is 154 Å². The number of benzene rings is 2. The zero-order valence-corrected chi connectivity index (χ0v) is 14.8. The average molecular weight is 372 g/mol. The summed E-state index contributed by atoms with van der Waals surface area (Å²) in [4.78, 5) is 28.9. The van der Waals surface area contributed by atoms with Gasteiger partial charge in [0.25, 0.3) is 11.8 Å². The number of nitrogens with zero attached hydrogens (tertiary/aromatic N) is 1. The Morgan fingerprint density at radius 2 is 1.93 bits per heavy atom. The molecule has 0 fully saturated rings. The van der Waals surface area contributed by atoms with Crippen molar-refractivity contribution in [3.05, 3.63) is 59.2 Å². The molecule has 140 valence electrons. The van der Waals surface area contributed by atoms with Crippen LogP contribution in [0.4, 0.5) is 20.3 Å². The minimum atomic E-state index is -0.935. The van der Waals surface area contributed by atoms with E-state index < -0.39 is 17.5 Å². The van der Waals surface area contributed by atoms with Gasteiger partial charge in [0.2, 0.25) is 0 Å². The van der Waals surface area contributed by atoms with E-state index in [0.29, 0.717) is 34.8 Å². The third-order valence-electron chi connectivity index (χ3n) is 4.23. The van der Waals surface area contributed by atoms with Crippen molar-refractivity contribution in [2.24, 2.45) is 0 Å². The summed E-state index contributed by atoms with van der Waals surface area (Å²) in [6.45, 7) is 2.26. The van der Waals surface area contributed by atoms with E-state index >= 15 is 0 Å². The molecule has 0 saturated carbocycles. The van der Waals surface area contributed by atoms with Gasteiger partial charge in [0.05, 0.1) is 11.1 Å². The number of H-pyrrole nitrogens is 1. The van der Waals surface area contributed by atoms with Crippen molar-refractivity contribution in [1.82, 2.24) is 10.3 Å². The second-order valence-corrected chi connectivity index (χ2v) is 5.99. The van der Waals surface area contributed by atoms with Crippen molar-refractivity contribution in [3.8, 4) is 0 Å². The second kappa shape index (κ2) is 7.06. The standard InChI is InChI=1S/C19H18F2N4O2/c1-3-23-18(26)16-13-7-5-11(9-15(13)24-17(16)22)25(2)19(27)12-6-4-10(20)8-14(12)21/h4-9,24H,3,22H2,1-2H3,(H,23,26). The Hall–Kier alpha value is -3.42. The zero-order valence-electron chi connectivity index (χ0n) is 14.8. The van der Waals surface area contributed by atoms with Crippen molar-refractivity contribution < 1.29 is 18.4 Å². The van der Waals surface area contributed by atoms with Gasteiger partial charge in [-0.15, -0.1) is 0 Å². The molecule has 0 bridgehead atoms. The van der Waals surface area contributed by atoms with Crippen LogP contribution in [0.1, 0.15) is 27.6 Å². The molecule has 0 saturated heterocycles. The number of nitrogens with two attached hydrogens (primary N) is 1. The quantitative estimate of drug-likeness (QED) is 0.657. The van der Waals surface area contributed by atoms with E-state index in [1.165, 1.54) is 11.9 Å². The Bertz CT molecular complexity index is 1050. The van der Waals surface area contributed by atoms with E-state index in [1.54, 1.807) is 25.1 Å². The molecule has 0 aliphatic rings. The molecule has 3 aromatic rings. The van der Waals surface area contributed by atoms with Gasteiger partial charge in [-0.25, -0.2) is 8.78 Å². The predicted molar refractivity (Wildman–Crippen MR) is 99.8 cm³/mol. The maximum Gasteiger partial charge on any atom is 0.260 e. The molecule has 6 nitrogen and oxygen atoms in total. The molecule has 1 heterocycles. The highest BCUT2D eigenvalue weighted by Crippen LogP contribution is 2.28. The van der Waals surface area contributed by atoms with Crippen LogP contribution >= 0.6 is 0 Å². The fourth-order valence-corrected chi connectivity index (χ4v) is 2.87.